The van der Waals surface area contributed by atoms with Gasteiger partial charge in [-0.25, -0.2) is 12.8 Å². The Hall–Kier alpha value is -4.50. The van der Waals surface area contributed by atoms with Crippen LogP contribution >= 0.6 is 0 Å². The van der Waals surface area contributed by atoms with Crippen LogP contribution in [-0.2, 0) is 32.6 Å². The van der Waals surface area contributed by atoms with Crippen molar-refractivity contribution >= 4 is 27.5 Å². The second-order valence-corrected chi connectivity index (χ2v) is 12.5. The number of para-hydroxylation sites is 1. The summed E-state index contributed by atoms with van der Waals surface area (Å²) in [6, 6.07) is 28.7. The van der Waals surface area contributed by atoms with E-state index < -0.39 is 40.2 Å². The number of amides is 2. The molecule has 0 saturated carbocycles. The Morgan fingerprint density at radius 3 is 2.02 bits per heavy atom. The first-order valence-electron chi connectivity index (χ1n) is 14.1. The summed E-state index contributed by atoms with van der Waals surface area (Å²) in [5, 5.41) is 2.89. The van der Waals surface area contributed by atoms with Gasteiger partial charge < -0.3 is 10.2 Å². The van der Waals surface area contributed by atoms with Gasteiger partial charge in [-0.3, -0.25) is 13.9 Å². The van der Waals surface area contributed by atoms with Crippen molar-refractivity contribution in [2.45, 2.75) is 50.7 Å². The third-order valence-electron chi connectivity index (χ3n) is 6.99. The molecule has 43 heavy (non-hydrogen) atoms. The summed E-state index contributed by atoms with van der Waals surface area (Å²) in [4.78, 5) is 29.4. The molecular weight excluding hydrogens is 565 g/mol. The van der Waals surface area contributed by atoms with E-state index in [0.717, 1.165) is 9.87 Å². The van der Waals surface area contributed by atoms with Gasteiger partial charge in [-0.05, 0) is 56.2 Å². The molecule has 1 unspecified atom stereocenters. The smallest absolute Gasteiger partial charge is 0.264 e. The average molecular weight is 602 g/mol. The van der Waals surface area contributed by atoms with Gasteiger partial charge in [0.2, 0.25) is 11.8 Å². The maximum Gasteiger partial charge on any atom is 0.264 e. The Bertz CT molecular complexity index is 1650. The minimum atomic E-state index is -4.20. The average Bonchev–Trinajstić information content (AvgIpc) is 2.99. The molecule has 0 aromatic heterocycles. The van der Waals surface area contributed by atoms with Crippen molar-refractivity contribution in [3.8, 4) is 0 Å². The number of hydrogen-bond acceptors (Lipinski definition) is 4. The third kappa shape index (κ3) is 7.87. The molecule has 4 aromatic rings. The monoisotopic (exact) mass is 601 g/mol. The van der Waals surface area contributed by atoms with Gasteiger partial charge in [0.15, 0.2) is 0 Å². The van der Waals surface area contributed by atoms with E-state index in [1.165, 1.54) is 23.1 Å². The molecule has 1 N–H and O–H groups in total. The van der Waals surface area contributed by atoms with Crippen molar-refractivity contribution < 1.29 is 22.4 Å². The largest absolute Gasteiger partial charge is 0.352 e. The van der Waals surface area contributed by atoms with Crippen LogP contribution in [0.3, 0.4) is 0 Å². The molecule has 0 saturated heterocycles. The molecule has 0 heterocycles. The highest BCUT2D eigenvalue weighted by atomic mass is 32.2. The number of rotatable bonds is 12. The fourth-order valence-electron chi connectivity index (χ4n) is 4.82. The van der Waals surface area contributed by atoms with Crippen LogP contribution in [0.5, 0.6) is 0 Å². The number of sulfonamides is 1. The van der Waals surface area contributed by atoms with E-state index in [1.807, 2.05) is 44.2 Å². The Morgan fingerprint density at radius 2 is 1.40 bits per heavy atom. The molecule has 0 spiro atoms. The zero-order chi connectivity index (χ0) is 31.0. The van der Waals surface area contributed by atoms with Crippen LogP contribution < -0.4 is 9.62 Å². The highest BCUT2D eigenvalue weighted by Crippen LogP contribution is 2.27. The Labute approximate surface area is 253 Å². The summed E-state index contributed by atoms with van der Waals surface area (Å²) < 4.78 is 44.0. The van der Waals surface area contributed by atoms with Crippen LogP contribution in [0, 0.1) is 12.7 Å². The SMILES string of the molecule is Cc1ccccc1N(CC(=O)N(Cc1ccccc1F)C(Cc1ccccc1)C(=O)NC(C)C)S(=O)(=O)c1ccccc1. The molecule has 0 aliphatic rings. The van der Waals surface area contributed by atoms with E-state index in [2.05, 4.69) is 5.32 Å². The lowest BCUT2D eigenvalue weighted by Gasteiger charge is -2.34. The number of carbonyl (C=O) groups excluding carboxylic acids is 2. The number of hydrogen-bond donors (Lipinski definition) is 1. The lowest BCUT2D eigenvalue weighted by atomic mass is 10.0. The Morgan fingerprint density at radius 1 is 0.814 bits per heavy atom. The Kier molecular flexibility index (Phi) is 10.3. The van der Waals surface area contributed by atoms with E-state index in [-0.39, 0.29) is 29.5 Å². The molecular formula is C34H36FN3O4S. The molecule has 0 radical (unpaired) electrons. The molecule has 7 nitrogen and oxygen atoms in total. The van der Waals surface area contributed by atoms with Gasteiger partial charge in [-0.15, -0.1) is 0 Å². The van der Waals surface area contributed by atoms with Crippen molar-refractivity contribution in [2.75, 3.05) is 10.8 Å². The predicted molar refractivity (Wildman–Crippen MR) is 166 cm³/mol. The van der Waals surface area contributed by atoms with Gasteiger partial charge in [0.1, 0.15) is 18.4 Å². The molecule has 224 valence electrons. The molecule has 9 heteroatoms. The van der Waals surface area contributed by atoms with Gasteiger partial charge in [0, 0.05) is 24.6 Å². The molecule has 2 amide bonds. The summed E-state index contributed by atoms with van der Waals surface area (Å²) >= 11 is 0. The second kappa shape index (κ2) is 14.1. The molecule has 0 fully saturated rings. The van der Waals surface area contributed by atoms with Crippen molar-refractivity contribution in [1.82, 2.24) is 10.2 Å². The number of nitrogens with zero attached hydrogens (tertiary/aromatic N) is 2. The normalized spacial score (nSPS) is 12.0. The quantitative estimate of drug-likeness (QED) is 0.233. The zero-order valence-corrected chi connectivity index (χ0v) is 25.3. The van der Waals surface area contributed by atoms with Gasteiger partial charge >= 0.3 is 0 Å². The first kappa shape index (κ1) is 31.4. The van der Waals surface area contributed by atoms with Crippen molar-refractivity contribution in [3.05, 3.63) is 132 Å². The van der Waals surface area contributed by atoms with Gasteiger partial charge in [-0.2, -0.15) is 0 Å². The van der Waals surface area contributed by atoms with E-state index in [1.54, 1.807) is 67.6 Å². The van der Waals surface area contributed by atoms with Crippen LogP contribution in [0.15, 0.2) is 114 Å². The number of anilines is 1. The summed E-state index contributed by atoms with van der Waals surface area (Å²) in [7, 11) is -4.20. The molecule has 0 bridgehead atoms. The number of halogens is 1. The fourth-order valence-corrected chi connectivity index (χ4v) is 6.32. The zero-order valence-electron chi connectivity index (χ0n) is 24.5. The number of aryl methyl sites for hydroxylation is 1. The van der Waals surface area contributed by atoms with Crippen molar-refractivity contribution in [1.29, 1.82) is 0 Å². The van der Waals surface area contributed by atoms with Crippen LogP contribution in [0.25, 0.3) is 0 Å². The molecule has 0 aliphatic heterocycles. The summed E-state index contributed by atoms with van der Waals surface area (Å²) in [5.74, 6) is -1.60. The molecule has 4 aromatic carbocycles. The second-order valence-electron chi connectivity index (χ2n) is 10.6. The first-order chi connectivity index (χ1) is 20.6. The first-order valence-corrected chi connectivity index (χ1v) is 15.5. The van der Waals surface area contributed by atoms with Gasteiger partial charge in [0.05, 0.1) is 10.6 Å². The lowest BCUT2D eigenvalue weighted by molar-refractivity contribution is -0.140. The summed E-state index contributed by atoms with van der Waals surface area (Å²) in [6.45, 7) is 4.55. The van der Waals surface area contributed by atoms with Crippen LogP contribution in [0.1, 0.15) is 30.5 Å². The van der Waals surface area contributed by atoms with Crippen LogP contribution in [0.2, 0.25) is 0 Å². The molecule has 0 aliphatic carbocycles. The van der Waals surface area contributed by atoms with E-state index in [4.69, 9.17) is 0 Å². The highest BCUT2D eigenvalue weighted by molar-refractivity contribution is 7.92. The minimum Gasteiger partial charge on any atom is -0.352 e. The molecule has 4 rings (SSSR count). The standard InChI is InChI=1S/C34H36FN3O4S/c1-25(2)36-34(40)32(22-27-15-6-4-7-16-27)37(23-28-17-11-12-20-30(28)35)33(39)24-38(31-21-13-10-14-26(31)3)43(41,42)29-18-8-5-9-19-29/h4-21,25,32H,22-24H2,1-3H3,(H,36,40). The van der Waals surface area contributed by atoms with E-state index >= 15 is 0 Å². The highest BCUT2D eigenvalue weighted by Gasteiger charge is 2.35. The number of benzene rings is 4. The number of nitrogens with one attached hydrogen (secondary N) is 1. The van der Waals surface area contributed by atoms with Gasteiger partial charge in [0.25, 0.3) is 10.0 Å². The Balaban J connectivity index is 1.82. The number of carbonyl (C=O) groups is 2. The predicted octanol–water partition coefficient (Wildman–Crippen LogP) is 5.49. The molecule has 1 atom stereocenters. The lowest BCUT2D eigenvalue weighted by Crippen LogP contribution is -2.54. The van der Waals surface area contributed by atoms with Crippen molar-refractivity contribution in [2.24, 2.45) is 0 Å². The van der Waals surface area contributed by atoms with Crippen LogP contribution in [-0.4, -0.2) is 43.8 Å². The van der Waals surface area contributed by atoms with Crippen molar-refractivity contribution in [3.63, 3.8) is 0 Å². The maximum absolute atomic E-state index is 15.0. The third-order valence-corrected chi connectivity index (χ3v) is 8.77. The fraction of sp³-hybridized carbons (Fsp3) is 0.235. The summed E-state index contributed by atoms with van der Waals surface area (Å²) in [5.41, 5.74) is 1.98. The van der Waals surface area contributed by atoms with E-state index in [9.17, 15) is 22.4 Å². The summed E-state index contributed by atoms with van der Waals surface area (Å²) in [6.07, 6.45) is 0.148. The van der Waals surface area contributed by atoms with Gasteiger partial charge in [-0.1, -0.05) is 84.9 Å². The van der Waals surface area contributed by atoms with E-state index in [0.29, 0.717) is 11.3 Å². The maximum atomic E-state index is 15.0. The minimum absolute atomic E-state index is 0.0186. The topological polar surface area (TPSA) is 86.8 Å². The van der Waals surface area contributed by atoms with Crippen LogP contribution in [0.4, 0.5) is 10.1 Å².